The van der Waals surface area contributed by atoms with Gasteiger partial charge in [0.15, 0.2) is 0 Å². The van der Waals surface area contributed by atoms with Crippen LogP contribution in [0.15, 0.2) is 65.6 Å². The average Bonchev–Trinajstić information content (AvgIpc) is 3.95. The number of para-hydroxylation sites is 1. The van der Waals surface area contributed by atoms with E-state index in [9.17, 15) is 32.3 Å². The number of piperidine rings is 1. The van der Waals surface area contributed by atoms with Gasteiger partial charge in [0.2, 0.25) is 11.8 Å². The average molecular weight is 869 g/mol. The minimum Gasteiger partial charge on any atom is -0.372 e. The normalized spacial score (nSPS) is 24.6. The third-order valence-electron chi connectivity index (χ3n) is 13.9. The number of nitrogens with one attached hydrogen (secondary N) is 2. The number of imide groups is 1. The summed E-state index contributed by atoms with van der Waals surface area (Å²) in [5.41, 5.74) is 2.04. The molecule has 1 saturated carbocycles. The second kappa shape index (κ2) is 16.2. The Labute approximate surface area is 361 Å². The Kier molecular flexibility index (Phi) is 10.6. The van der Waals surface area contributed by atoms with E-state index in [2.05, 4.69) is 36.4 Å². The summed E-state index contributed by atoms with van der Waals surface area (Å²) in [4.78, 5) is 61.6. The molecule has 3 aromatic heterocycles. The number of pyridine rings is 1. The zero-order valence-electron chi connectivity index (χ0n) is 35.1. The molecule has 5 fully saturated rings. The van der Waals surface area contributed by atoms with Crippen LogP contribution in [0.1, 0.15) is 73.2 Å². The first kappa shape index (κ1) is 41.4. The first-order valence-electron chi connectivity index (χ1n) is 22.0. The highest BCUT2D eigenvalue weighted by Crippen LogP contribution is 2.41. The number of likely N-dealkylation sites (tertiary alicyclic amines) is 1. The fraction of sp³-hybridized carbons (Fsp3) is 0.511. The number of aromatic nitrogens is 5. The Morgan fingerprint density at radius 2 is 1.68 bits per heavy atom. The number of nitrogens with zero attached hydrogens (tertiary/aromatic N) is 8. The fourth-order valence-electron chi connectivity index (χ4n) is 10.8. The highest BCUT2D eigenvalue weighted by Gasteiger charge is 2.50. The standard InChI is InChI=1S/C45H51F3N10O5/c1-53-40-35(5-3-6-36(40)58(43(53)62)37-14-15-39(59)51-42(37)61)56-18-16-54(17-19-56)23-29-21-44(63-25-29)26-55(27-44)22-28-8-11-32(12-9-28)57-24-30-20-31(10-13-33(30)52-57)49-41(60)34-4-2-7-38(50-34)45(46,47)48/h2-7,10,13,20,24,28-29,32,37H,8-9,11-12,14-19,21-23,25-27H2,1H3,(H,49,60)(H,51,59,61). The first-order chi connectivity index (χ1) is 30.3. The third kappa shape index (κ3) is 8.12. The van der Waals surface area contributed by atoms with Crippen LogP contribution in [-0.4, -0.2) is 116 Å². The molecule has 2 unspecified atom stereocenters. The molecule has 4 saturated heterocycles. The molecule has 0 radical (unpaired) electrons. The number of benzene rings is 2. The number of alkyl halides is 3. The maximum atomic E-state index is 13.5. The fourth-order valence-corrected chi connectivity index (χ4v) is 10.8. The molecule has 332 valence electrons. The number of ether oxygens (including phenoxy) is 1. The van der Waals surface area contributed by atoms with E-state index in [1.165, 1.54) is 12.1 Å². The van der Waals surface area contributed by atoms with Crippen molar-refractivity contribution in [1.29, 1.82) is 0 Å². The third-order valence-corrected chi connectivity index (χ3v) is 13.9. The van der Waals surface area contributed by atoms with Crippen molar-refractivity contribution in [3.05, 3.63) is 82.7 Å². The molecule has 5 aromatic rings. The Bertz CT molecular complexity index is 2630. The van der Waals surface area contributed by atoms with Crippen molar-refractivity contribution in [3.63, 3.8) is 0 Å². The van der Waals surface area contributed by atoms with E-state index >= 15 is 0 Å². The minimum atomic E-state index is -4.64. The molecule has 4 aliphatic heterocycles. The molecule has 15 nitrogen and oxygen atoms in total. The topological polar surface area (TPSA) is 152 Å². The molecular weight excluding hydrogens is 818 g/mol. The highest BCUT2D eigenvalue weighted by atomic mass is 19.4. The summed E-state index contributed by atoms with van der Waals surface area (Å²) in [6.07, 6.45) is 3.22. The zero-order chi connectivity index (χ0) is 43.6. The van der Waals surface area contributed by atoms with Crippen molar-refractivity contribution in [2.75, 3.05) is 69.2 Å². The van der Waals surface area contributed by atoms with E-state index in [0.29, 0.717) is 29.5 Å². The molecule has 2 aromatic carbocycles. The smallest absolute Gasteiger partial charge is 0.372 e. The van der Waals surface area contributed by atoms with E-state index in [4.69, 9.17) is 9.84 Å². The van der Waals surface area contributed by atoms with Crippen LogP contribution in [0, 0.1) is 11.8 Å². The van der Waals surface area contributed by atoms with Crippen LogP contribution in [0.4, 0.5) is 24.5 Å². The van der Waals surface area contributed by atoms with Gasteiger partial charge in [-0.3, -0.25) is 43.3 Å². The van der Waals surface area contributed by atoms with E-state index in [1.54, 1.807) is 28.3 Å². The van der Waals surface area contributed by atoms with Crippen molar-refractivity contribution in [3.8, 4) is 0 Å². The number of halogens is 3. The second-order valence-corrected chi connectivity index (χ2v) is 18.3. The second-order valence-electron chi connectivity index (χ2n) is 18.3. The van der Waals surface area contributed by atoms with Crippen LogP contribution in [0.3, 0.4) is 0 Å². The summed E-state index contributed by atoms with van der Waals surface area (Å²) < 4.78 is 51.0. The predicted molar refractivity (Wildman–Crippen MR) is 228 cm³/mol. The lowest BCUT2D eigenvalue weighted by Crippen LogP contribution is -2.62. The van der Waals surface area contributed by atoms with Crippen LogP contribution in [0.25, 0.3) is 21.9 Å². The van der Waals surface area contributed by atoms with Gasteiger partial charge in [-0.25, -0.2) is 9.78 Å². The maximum Gasteiger partial charge on any atom is 0.433 e. The van der Waals surface area contributed by atoms with Gasteiger partial charge in [-0.05, 0) is 92.8 Å². The maximum absolute atomic E-state index is 13.5. The largest absolute Gasteiger partial charge is 0.433 e. The van der Waals surface area contributed by atoms with Crippen molar-refractivity contribution >= 4 is 51.0 Å². The number of imidazole rings is 1. The Morgan fingerprint density at radius 1 is 0.921 bits per heavy atom. The lowest BCUT2D eigenvalue weighted by atomic mass is 9.82. The van der Waals surface area contributed by atoms with Gasteiger partial charge in [-0.2, -0.15) is 18.3 Å². The zero-order valence-corrected chi connectivity index (χ0v) is 35.1. The summed E-state index contributed by atoms with van der Waals surface area (Å²) in [5, 5.41) is 10.7. The summed E-state index contributed by atoms with van der Waals surface area (Å²) in [6.45, 7) is 8.30. The number of rotatable bonds is 9. The van der Waals surface area contributed by atoms with Gasteiger partial charge in [0.05, 0.1) is 40.5 Å². The molecule has 3 amide bonds. The number of hydrogen-bond acceptors (Lipinski definition) is 10. The monoisotopic (exact) mass is 868 g/mol. The summed E-state index contributed by atoms with van der Waals surface area (Å²) in [7, 11) is 1.75. The lowest BCUT2D eigenvalue weighted by molar-refractivity contribution is -0.141. The molecule has 0 bridgehead atoms. The van der Waals surface area contributed by atoms with E-state index < -0.39 is 29.7 Å². The SMILES string of the molecule is Cn1c(=O)n(C2CCC(=O)NC2=O)c2cccc(N3CCN(CC4COC5(C4)CN(CC4CCC(n6cc7cc(NC(=O)c8cccc(C(F)(F)F)n8)ccc7n6)CC4)C5)CC3)c21. The van der Waals surface area contributed by atoms with Crippen molar-refractivity contribution < 1.29 is 32.3 Å². The Morgan fingerprint density at radius 3 is 2.44 bits per heavy atom. The van der Waals surface area contributed by atoms with Crippen LogP contribution < -0.4 is 21.2 Å². The van der Waals surface area contributed by atoms with Crippen molar-refractivity contribution in [1.82, 2.24) is 39.0 Å². The molecular formula is C45H51F3N10O5. The minimum absolute atomic E-state index is 0.0447. The molecule has 7 heterocycles. The highest BCUT2D eigenvalue weighted by molar-refractivity contribution is 6.04. The summed E-state index contributed by atoms with van der Waals surface area (Å²) >= 11 is 0. The number of hydrogen-bond donors (Lipinski definition) is 2. The van der Waals surface area contributed by atoms with Crippen LogP contribution in [0.2, 0.25) is 0 Å². The summed E-state index contributed by atoms with van der Waals surface area (Å²) in [6, 6.07) is 14.0. The van der Waals surface area contributed by atoms with Gasteiger partial charge in [0, 0.05) is 83.1 Å². The first-order valence-corrected chi connectivity index (χ1v) is 22.0. The molecule has 5 aliphatic rings. The van der Waals surface area contributed by atoms with Crippen LogP contribution >= 0.6 is 0 Å². The quantitative estimate of drug-likeness (QED) is 0.194. The molecule has 2 N–H and O–H groups in total. The van der Waals surface area contributed by atoms with Gasteiger partial charge >= 0.3 is 11.9 Å². The molecule has 1 aliphatic carbocycles. The van der Waals surface area contributed by atoms with Crippen molar-refractivity contribution in [2.45, 2.75) is 68.8 Å². The number of piperazine rings is 1. The van der Waals surface area contributed by atoms with E-state index in [-0.39, 0.29) is 35.4 Å². The van der Waals surface area contributed by atoms with Gasteiger partial charge in [0.1, 0.15) is 17.4 Å². The number of carbonyl (C=O) groups is 3. The van der Waals surface area contributed by atoms with E-state index in [0.717, 1.165) is 119 Å². The predicted octanol–water partition coefficient (Wildman–Crippen LogP) is 4.98. The Hall–Kier alpha value is -5.59. The molecule has 10 rings (SSSR count). The van der Waals surface area contributed by atoms with Gasteiger partial charge in [-0.15, -0.1) is 0 Å². The molecule has 1 spiro atoms. The number of fused-ring (bicyclic) bond motifs is 2. The van der Waals surface area contributed by atoms with Crippen LogP contribution in [-0.2, 0) is 27.5 Å². The number of anilines is 2. The van der Waals surface area contributed by atoms with Gasteiger partial charge in [-0.1, -0.05) is 12.1 Å². The molecule has 63 heavy (non-hydrogen) atoms. The molecule has 2 atom stereocenters. The van der Waals surface area contributed by atoms with E-state index in [1.807, 2.05) is 29.1 Å². The van der Waals surface area contributed by atoms with Gasteiger partial charge < -0.3 is 15.0 Å². The van der Waals surface area contributed by atoms with Crippen molar-refractivity contribution in [2.24, 2.45) is 18.9 Å². The van der Waals surface area contributed by atoms with Crippen LogP contribution in [0.5, 0.6) is 0 Å². The Balaban J connectivity index is 0.671. The van der Waals surface area contributed by atoms with Gasteiger partial charge in [0.25, 0.3) is 5.91 Å². The number of amides is 3. The number of carbonyl (C=O) groups excluding carboxylic acids is 3. The molecule has 18 heteroatoms. The lowest BCUT2D eigenvalue weighted by Gasteiger charge is -2.49. The summed E-state index contributed by atoms with van der Waals surface area (Å²) in [5.74, 6) is -0.337. The number of aryl methyl sites for hydroxylation is 1.